The van der Waals surface area contributed by atoms with E-state index in [1.807, 2.05) is 0 Å². The third-order valence-electron chi connectivity index (χ3n) is 5.50. The Bertz CT molecular complexity index is 762. The van der Waals surface area contributed by atoms with Crippen molar-refractivity contribution in [1.82, 2.24) is 4.98 Å². The van der Waals surface area contributed by atoms with Gasteiger partial charge in [-0.2, -0.15) is 4.98 Å². The van der Waals surface area contributed by atoms with Crippen molar-refractivity contribution in [3.8, 4) is 17.0 Å². The summed E-state index contributed by atoms with van der Waals surface area (Å²) in [4.78, 5) is 7.45. The highest BCUT2D eigenvalue weighted by Gasteiger charge is 2.30. The summed E-state index contributed by atoms with van der Waals surface area (Å²) in [6, 6.07) is 8.93. The zero-order valence-corrected chi connectivity index (χ0v) is 13.5. The number of benzene rings is 1. The molecule has 1 aliphatic carbocycles. The van der Waals surface area contributed by atoms with Crippen molar-refractivity contribution in [2.45, 2.75) is 38.5 Å². The Hall–Kier alpha value is -2.03. The molecule has 0 bridgehead atoms. The first-order valence-electron chi connectivity index (χ1n) is 8.93. The Balaban J connectivity index is 1.79. The summed E-state index contributed by atoms with van der Waals surface area (Å²) >= 11 is 0. The number of ether oxygens (including phenoxy) is 1. The van der Waals surface area contributed by atoms with Crippen molar-refractivity contribution in [3.63, 3.8) is 0 Å². The number of aromatic nitrogens is 1. The molecular weight excluding hydrogens is 284 g/mol. The van der Waals surface area contributed by atoms with E-state index in [1.54, 1.807) is 0 Å². The minimum Gasteiger partial charge on any atom is -0.477 e. The molecule has 1 aromatic heterocycles. The molecule has 5 rings (SSSR count). The Morgan fingerprint density at radius 1 is 0.913 bits per heavy atom. The van der Waals surface area contributed by atoms with Crippen molar-refractivity contribution < 1.29 is 4.74 Å². The lowest BCUT2D eigenvalue weighted by Crippen LogP contribution is -2.21. The normalized spacial score (nSPS) is 18.9. The maximum Gasteiger partial charge on any atom is 0.219 e. The number of aryl methyl sites for hydroxylation is 1. The second-order valence-electron chi connectivity index (χ2n) is 6.88. The van der Waals surface area contributed by atoms with Gasteiger partial charge in [-0.3, -0.25) is 0 Å². The number of pyridine rings is 1. The number of hydrogen-bond acceptors (Lipinski definition) is 3. The summed E-state index contributed by atoms with van der Waals surface area (Å²) in [5.74, 6) is 2.09. The van der Waals surface area contributed by atoms with Gasteiger partial charge in [0.25, 0.3) is 0 Å². The molecule has 1 aromatic carbocycles. The van der Waals surface area contributed by atoms with Gasteiger partial charge in [-0.15, -0.1) is 0 Å². The molecule has 2 aliphatic heterocycles. The number of hydrogen-bond donors (Lipinski definition) is 0. The van der Waals surface area contributed by atoms with Crippen LogP contribution in [0.15, 0.2) is 24.3 Å². The average Bonchev–Trinajstić information content (AvgIpc) is 3.22. The van der Waals surface area contributed by atoms with Crippen LogP contribution in [-0.4, -0.2) is 24.7 Å². The Morgan fingerprint density at radius 3 is 2.70 bits per heavy atom. The maximum absolute atomic E-state index is 5.88. The molecule has 23 heavy (non-hydrogen) atoms. The van der Waals surface area contributed by atoms with Gasteiger partial charge in [0.05, 0.1) is 6.61 Å². The lowest BCUT2D eigenvalue weighted by atomic mass is 9.92. The minimum absolute atomic E-state index is 0.778. The summed E-state index contributed by atoms with van der Waals surface area (Å²) in [5.41, 5.74) is 7.17. The molecule has 0 unspecified atom stereocenters. The largest absolute Gasteiger partial charge is 0.477 e. The van der Waals surface area contributed by atoms with Crippen molar-refractivity contribution in [3.05, 3.63) is 41.0 Å². The first-order valence-corrected chi connectivity index (χ1v) is 8.93. The molecule has 2 aromatic rings. The number of anilines is 1. The highest BCUT2D eigenvalue weighted by atomic mass is 16.5. The van der Waals surface area contributed by atoms with Gasteiger partial charge in [-0.1, -0.05) is 24.3 Å². The monoisotopic (exact) mass is 306 g/mol. The van der Waals surface area contributed by atoms with Gasteiger partial charge in [0.2, 0.25) is 5.88 Å². The van der Waals surface area contributed by atoms with E-state index in [4.69, 9.17) is 9.72 Å². The molecule has 0 radical (unpaired) electrons. The van der Waals surface area contributed by atoms with Crippen molar-refractivity contribution >= 4 is 5.82 Å². The van der Waals surface area contributed by atoms with E-state index in [-0.39, 0.29) is 0 Å². The van der Waals surface area contributed by atoms with Crippen LogP contribution in [0, 0.1) is 0 Å². The highest BCUT2D eigenvalue weighted by molar-refractivity contribution is 5.81. The van der Waals surface area contributed by atoms with E-state index in [2.05, 4.69) is 29.2 Å². The second-order valence-corrected chi connectivity index (χ2v) is 6.88. The fourth-order valence-electron chi connectivity index (χ4n) is 4.42. The van der Waals surface area contributed by atoms with Crippen LogP contribution in [-0.2, 0) is 19.3 Å². The molecule has 0 amide bonds. The van der Waals surface area contributed by atoms with Gasteiger partial charge in [0, 0.05) is 30.6 Å². The van der Waals surface area contributed by atoms with Gasteiger partial charge >= 0.3 is 0 Å². The van der Waals surface area contributed by atoms with Crippen LogP contribution in [0.4, 0.5) is 5.82 Å². The third kappa shape index (κ3) is 2.06. The van der Waals surface area contributed by atoms with Gasteiger partial charge in [-0.05, 0) is 48.8 Å². The van der Waals surface area contributed by atoms with Crippen LogP contribution in [0.25, 0.3) is 11.1 Å². The molecule has 1 fully saturated rings. The van der Waals surface area contributed by atoms with E-state index >= 15 is 0 Å². The molecule has 0 N–H and O–H groups in total. The first kappa shape index (κ1) is 13.4. The average molecular weight is 306 g/mol. The predicted molar refractivity (Wildman–Crippen MR) is 92.3 cm³/mol. The van der Waals surface area contributed by atoms with Crippen LogP contribution < -0.4 is 9.64 Å². The van der Waals surface area contributed by atoms with Gasteiger partial charge in [-0.25, -0.2) is 0 Å². The maximum atomic E-state index is 5.88. The summed E-state index contributed by atoms with van der Waals surface area (Å²) in [7, 11) is 0. The van der Waals surface area contributed by atoms with Gasteiger partial charge in [0.1, 0.15) is 5.82 Å². The Kier molecular flexibility index (Phi) is 3.07. The summed E-state index contributed by atoms with van der Waals surface area (Å²) in [5, 5.41) is 0. The SMILES string of the molecule is c1ccc2c(c1)CCCc1c(N3CCCC3)nc3c(c1-2)CCO3. The minimum atomic E-state index is 0.778. The Labute approximate surface area is 137 Å². The molecule has 118 valence electrons. The number of fused-ring (bicyclic) bond motifs is 5. The molecule has 1 saturated heterocycles. The van der Waals surface area contributed by atoms with Crippen LogP contribution in [0.1, 0.15) is 36.0 Å². The van der Waals surface area contributed by atoms with E-state index < -0.39 is 0 Å². The Morgan fingerprint density at radius 2 is 1.78 bits per heavy atom. The molecular formula is C20H22N2O. The van der Waals surface area contributed by atoms with Gasteiger partial charge in [0.15, 0.2) is 0 Å². The molecule has 3 aliphatic rings. The fourth-order valence-corrected chi connectivity index (χ4v) is 4.42. The third-order valence-corrected chi connectivity index (χ3v) is 5.50. The summed E-state index contributed by atoms with van der Waals surface area (Å²) < 4.78 is 5.88. The summed E-state index contributed by atoms with van der Waals surface area (Å²) in [6.07, 6.45) is 7.08. The molecule has 3 heterocycles. The van der Waals surface area contributed by atoms with E-state index in [0.717, 1.165) is 38.4 Å². The second kappa shape index (κ2) is 5.26. The van der Waals surface area contributed by atoms with Crippen molar-refractivity contribution in [1.29, 1.82) is 0 Å². The first-order chi connectivity index (χ1) is 11.4. The number of rotatable bonds is 1. The van der Waals surface area contributed by atoms with Gasteiger partial charge < -0.3 is 9.64 Å². The smallest absolute Gasteiger partial charge is 0.219 e. The van der Waals surface area contributed by atoms with Crippen LogP contribution in [0.2, 0.25) is 0 Å². The summed E-state index contributed by atoms with van der Waals surface area (Å²) in [6.45, 7) is 3.06. The standard InChI is InChI=1S/C20H22N2O/c1-2-8-15-14(6-1)7-5-9-16-18(15)17-10-13-23-20(17)21-19(16)22-11-3-4-12-22/h1-2,6,8H,3-5,7,9-13H2. The lowest BCUT2D eigenvalue weighted by molar-refractivity contribution is 0.345. The zero-order valence-electron chi connectivity index (χ0n) is 13.5. The van der Waals surface area contributed by atoms with Crippen LogP contribution >= 0.6 is 0 Å². The molecule has 3 heteroatoms. The quantitative estimate of drug-likeness (QED) is 0.802. The predicted octanol–water partition coefficient (Wildman–Crippen LogP) is 3.77. The van der Waals surface area contributed by atoms with Crippen molar-refractivity contribution in [2.24, 2.45) is 0 Å². The topological polar surface area (TPSA) is 25.4 Å². The lowest BCUT2D eigenvalue weighted by Gasteiger charge is -2.23. The highest BCUT2D eigenvalue weighted by Crippen LogP contribution is 2.44. The van der Waals surface area contributed by atoms with Crippen LogP contribution in [0.5, 0.6) is 5.88 Å². The van der Waals surface area contributed by atoms with Crippen molar-refractivity contribution in [2.75, 3.05) is 24.6 Å². The molecule has 0 spiro atoms. The molecule has 0 atom stereocenters. The molecule has 0 saturated carbocycles. The fraction of sp³-hybridized carbons (Fsp3) is 0.450. The van der Waals surface area contributed by atoms with E-state index in [9.17, 15) is 0 Å². The van der Waals surface area contributed by atoms with E-state index in [1.165, 1.54) is 59.3 Å². The molecule has 3 nitrogen and oxygen atoms in total. The zero-order chi connectivity index (χ0) is 15.2. The number of nitrogens with zero attached hydrogens (tertiary/aromatic N) is 2. The van der Waals surface area contributed by atoms with Crippen LogP contribution in [0.3, 0.4) is 0 Å². The van der Waals surface area contributed by atoms with E-state index in [0.29, 0.717) is 0 Å².